The molecule has 1 aromatic carbocycles. The number of halogens is 2. The Morgan fingerprint density at radius 3 is 2.50 bits per heavy atom. The third kappa shape index (κ3) is 2.77. The number of rotatable bonds is 3. The summed E-state index contributed by atoms with van der Waals surface area (Å²) in [4.78, 5) is -0.00227. The molecule has 0 amide bonds. The lowest BCUT2D eigenvalue weighted by Gasteiger charge is -2.05. The molecule has 1 aromatic heterocycles. The van der Waals surface area contributed by atoms with Crippen LogP contribution in [-0.4, -0.2) is 13.6 Å². The van der Waals surface area contributed by atoms with Crippen molar-refractivity contribution in [2.24, 2.45) is 0 Å². The van der Waals surface area contributed by atoms with Gasteiger partial charge in [0.1, 0.15) is 5.76 Å². The van der Waals surface area contributed by atoms with E-state index >= 15 is 0 Å². The number of aryl methyl sites for hydroxylation is 1. The maximum Gasteiger partial charge on any atom is 0.263 e. The second-order valence-corrected chi connectivity index (χ2v) is 6.00. The van der Waals surface area contributed by atoms with E-state index in [2.05, 4.69) is 9.88 Å². The van der Waals surface area contributed by atoms with Crippen LogP contribution in [0, 0.1) is 6.92 Å². The molecule has 5 nitrogen and oxygen atoms in total. The Morgan fingerprint density at radius 1 is 1.22 bits per heavy atom. The molecule has 96 valence electrons. The molecule has 0 spiro atoms. The minimum atomic E-state index is -3.75. The summed E-state index contributed by atoms with van der Waals surface area (Å²) in [6.07, 6.45) is 0. The molecule has 18 heavy (non-hydrogen) atoms. The van der Waals surface area contributed by atoms with Crippen LogP contribution in [0.5, 0.6) is 0 Å². The first-order valence-corrected chi connectivity index (χ1v) is 7.03. The van der Waals surface area contributed by atoms with Crippen LogP contribution < -0.4 is 4.72 Å². The molecular formula is C10H8Cl2N2O3S. The van der Waals surface area contributed by atoms with Crippen LogP contribution in [0.4, 0.5) is 5.82 Å². The number of hydrogen-bond donors (Lipinski definition) is 1. The Kier molecular flexibility index (Phi) is 3.52. The van der Waals surface area contributed by atoms with Gasteiger partial charge in [-0.3, -0.25) is 4.72 Å². The summed E-state index contributed by atoms with van der Waals surface area (Å²) in [6, 6.07) is 5.49. The lowest BCUT2D eigenvalue weighted by Crippen LogP contribution is -2.13. The van der Waals surface area contributed by atoms with Crippen molar-refractivity contribution in [2.45, 2.75) is 11.8 Å². The van der Waals surface area contributed by atoms with Gasteiger partial charge in [0.15, 0.2) is 5.82 Å². The summed E-state index contributed by atoms with van der Waals surface area (Å²) in [6.45, 7) is 1.66. The number of hydrogen-bond acceptors (Lipinski definition) is 4. The second-order valence-electron chi connectivity index (χ2n) is 3.50. The maximum atomic E-state index is 12.0. The topological polar surface area (TPSA) is 72.2 Å². The molecule has 0 saturated carbocycles. The Balaban J connectivity index is 2.33. The highest BCUT2D eigenvalue weighted by Crippen LogP contribution is 2.25. The molecule has 1 heterocycles. The van der Waals surface area contributed by atoms with Gasteiger partial charge < -0.3 is 4.52 Å². The number of sulfonamides is 1. The van der Waals surface area contributed by atoms with Gasteiger partial charge in [0.05, 0.1) is 14.9 Å². The molecule has 0 fully saturated rings. The zero-order valence-corrected chi connectivity index (χ0v) is 11.5. The molecule has 0 unspecified atom stereocenters. The first kappa shape index (κ1) is 13.2. The van der Waals surface area contributed by atoms with Crippen LogP contribution in [0.1, 0.15) is 5.76 Å². The minimum Gasteiger partial charge on any atom is -0.360 e. The highest BCUT2D eigenvalue weighted by atomic mass is 35.5. The van der Waals surface area contributed by atoms with Crippen molar-refractivity contribution >= 4 is 39.0 Å². The predicted molar refractivity (Wildman–Crippen MR) is 68.5 cm³/mol. The Labute approximate surface area is 114 Å². The van der Waals surface area contributed by atoms with Crippen molar-refractivity contribution in [2.75, 3.05) is 4.72 Å². The highest BCUT2D eigenvalue weighted by Gasteiger charge is 2.17. The molecule has 0 aliphatic heterocycles. The molecule has 0 aliphatic rings. The van der Waals surface area contributed by atoms with Crippen LogP contribution in [0.15, 0.2) is 33.7 Å². The van der Waals surface area contributed by atoms with Crippen LogP contribution in [0.25, 0.3) is 0 Å². The quantitative estimate of drug-likeness (QED) is 0.945. The Hall–Kier alpha value is -1.24. The molecule has 0 atom stereocenters. The zero-order valence-electron chi connectivity index (χ0n) is 9.15. The van der Waals surface area contributed by atoms with Gasteiger partial charge >= 0.3 is 0 Å². The second kappa shape index (κ2) is 4.79. The Bertz CT molecular complexity index is 682. The first-order chi connectivity index (χ1) is 8.38. The highest BCUT2D eigenvalue weighted by molar-refractivity contribution is 7.92. The van der Waals surface area contributed by atoms with E-state index < -0.39 is 10.0 Å². The van der Waals surface area contributed by atoms with Crippen molar-refractivity contribution in [1.29, 1.82) is 0 Å². The molecular weight excluding hydrogens is 299 g/mol. The van der Waals surface area contributed by atoms with Crippen molar-refractivity contribution in [3.63, 3.8) is 0 Å². The lowest BCUT2D eigenvalue weighted by atomic mass is 10.4. The predicted octanol–water partition coefficient (Wildman–Crippen LogP) is 3.09. The molecule has 1 N–H and O–H groups in total. The number of anilines is 1. The largest absolute Gasteiger partial charge is 0.360 e. The SMILES string of the molecule is Cc1cc(NS(=O)(=O)c2ccc(Cl)c(Cl)c2)no1. The van der Waals surface area contributed by atoms with Crippen LogP contribution >= 0.6 is 23.2 Å². The number of nitrogens with one attached hydrogen (secondary N) is 1. The van der Waals surface area contributed by atoms with Gasteiger partial charge in [-0.05, 0) is 25.1 Å². The average molecular weight is 307 g/mol. The van der Waals surface area contributed by atoms with E-state index in [1.54, 1.807) is 6.92 Å². The molecule has 0 saturated heterocycles. The van der Waals surface area contributed by atoms with Crippen molar-refractivity contribution in [3.05, 3.63) is 40.1 Å². The molecule has 2 aromatic rings. The molecule has 0 bridgehead atoms. The summed E-state index contributed by atoms with van der Waals surface area (Å²) in [5, 5.41) is 3.99. The van der Waals surface area contributed by atoms with Gasteiger partial charge in [0.25, 0.3) is 10.0 Å². The minimum absolute atomic E-state index is 0.00227. The fourth-order valence-electron chi connectivity index (χ4n) is 1.26. The van der Waals surface area contributed by atoms with E-state index in [0.717, 1.165) is 0 Å². The standard InChI is InChI=1S/C10H8Cl2N2O3S/c1-6-4-10(13-17-6)14-18(15,16)7-2-3-8(11)9(12)5-7/h2-5H,1H3,(H,13,14). The number of aromatic nitrogens is 1. The van der Waals surface area contributed by atoms with E-state index in [0.29, 0.717) is 5.76 Å². The summed E-state index contributed by atoms with van der Waals surface area (Å²) >= 11 is 11.5. The van der Waals surface area contributed by atoms with Gasteiger partial charge in [0, 0.05) is 6.07 Å². The normalized spacial score (nSPS) is 11.5. The average Bonchev–Trinajstić information content (AvgIpc) is 2.67. The molecule has 0 aliphatic carbocycles. The monoisotopic (exact) mass is 306 g/mol. The van der Waals surface area contributed by atoms with Gasteiger partial charge in [-0.1, -0.05) is 28.4 Å². The fraction of sp³-hybridized carbons (Fsp3) is 0.100. The van der Waals surface area contributed by atoms with Crippen molar-refractivity contribution in [3.8, 4) is 0 Å². The lowest BCUT2D eigenvalue weighted by molar-refractivity contribution is 0.400. The third-order valence-electron chi connectivity index (χ3n) is 2.07. The van der Waals surface area contributed by atoms with Gasteiger partial charge in [-0.15, -0.1) is 0 Å². The summed E-state index contributed by atoms with van der Waals surface area (Å²) in [5.41, 5.74) is 0. The number of nitrogens with zero attached hydrogens (tertiary/aromatic N) is 1. The smallest absolute Gasteiger partial charge is 0.263 e. The number of benzene rings is 1. The molecule has 2 rings (SSSR count). The van der Waals surface area contributed by atoms with E-state index in [-0.39, 0.29) is 20.8 Å². The van der Waals surface area contributed by atoms with Gasteiger partial charge in [0.2, 0.25) is 0 Å². The third-order valence-corrected chi connectivity index (χ3v) is 4.16. The van der Waals surface area contributed by atoms with E-state index in [4.69, 9.17) is 27.7 Å². The summed E-state index contributed by atoms with van der Waals surface area (Å²) in [7, 11) is -3.75. The molecule has 8 heteroatoms. The van der Waals surface area contributed by atoms with Crippen molar-refractivity contribution < 1.29 is 12.9 Å². The van der Waals surface area contributed by atoms with Crippen molar-refractivity contribution in [1.82, 2.24) is 5.16 Å². The van der Waals surface area contributed by atoms with Gasteiger partial charge in [-0.25, -0.2) is 8.42 Å². The van der Waals surface area contributed by atoms with E-state index in [9.17, 15) is 8.42 Å². The first-order valence-electron chi connectivity index (χ1n) is 4.80. The summed E-state index contributed by atoms with van der Waals surface area (Å²) < 4.78 is 31.0. The Morgan fingerprint density at radius 2 is 1.94 bits per heavy atom. The van der Waals surface area contributed by atoms with E-state index in [1.165, 1.54) is 24.3 Å². The van der Waals surface area contributed by atoms with Gasteiger partial charge in [-0.2, -0.15) is 0 Å². The maximum absolute atomic E-state index is 12.0. The zero-order chi connectivity index (χ0) is 13.3. The van der Waals surface area contributed by atoms with Crippen LogP contribution in [0.3, 0.4) is 0 Å². The van der Waals surface area contributed by atoms with Crippen LogP contribution in [-0.2, 0) is 10.0 Å². The molecule has 0 radical (unpaired) electrons. The summed E-state index contributed by atoms with van der Waals surface area (Å²) in [5.74, 6) is 0.611. The van der Waals surface area contributed by atoms with E-state index in [1.807, 2.05) is 0 Å². The van der Waals surface area contributed by atoms with Crippen LogP contribution in [0.2, 0.25) is 10.0 Å². The fourth-order valence-corrected chi connectivity index (χ4v) is 2.63.